The number of hydrogen-bond acceptors (Lipinski definition) is 8. The van der Waals surface area contributed by atoms with Gasteiger partial charge in [-0.1, -0.05) is 51.9 Å². The minimum absolute atomic E-state index is 0.0103. The van der Waals surface area contributed by atoms with Crippen molar-refractivity contribution in [1.82, 2.24) is 9.88 Å². The number of carbonyl (C=O) groups is 4. The third kappa shape index (κ3) is 5.84. The minimum Gasteiger partial charge on any atom is -0.483 e. The lowest BCUT2D eigenvalue weighted by Crippen LogP contribution is -2.42. The zero-order valence-electron chi connectivity index (χ0n) is 25.6. The number of imide groups is 1. The number of anilines is 1. The van der Waals surface area contributed by atoms with E-state index in [0.29, 0.717) is 37.2 Å². The molecule has 13 heteroatoms. The predicted octanol–water partition coefficient (Wildman–Crippen LogP) is 5.64. The van der Waals surface area contributed by atoms with Gasteiger partial charge in [0.25, 0.3) is 5.91 Å². The van der Waals surface area contributed by atoms with Crippen molar-refractivity contribution in [2.24, 2.45) is 29.6 Å². The number of halogens is 1. The fourth-order valence-electron chi connectivity index (χ4n) is 8.31. The average molecular weight is 741 g/mol. The highest BCUT2D eigenvalue weighted by atomic mass is 79.9. The highest BCUT2D eigenvalue weighted by Gasteiger charge is 2.69. The highest BCUT2D eigenvalue weighted by molar-refractivity contribution is 9.10. The monoisotopic (exact) mass is 739 g/mol. The molecule has 2 bridgehead atoms. The van der Waals surface area contributed by atoms with E-state index < -0.39 is 11.9 Å². The van der Waals surface area contributed by atoms with Crippen LogP contribution in [0.4, 0.5) is 5.69 Å². The van der Waals surface area contributed by atoms with Gasteiger partial charge in [0, 0.05) is 44.7 Å². The first-order chi connectivity index (χ1) is 22.6. The molecule has 2 saturated carbocycles. The second kappa shape index (κ2) is 12.9. The fourth-order valence-corrected chi connectivity index (χ4v) is 11.6. The summed E-state index contributed by atoms with van der Waals surface area (Å²) in [6.45, 7) is 2.02. The van der Waals surface area contributed by atoms with E-state index >= 15 is 0 Å². The van der Waals surface area contributed by atoms with E-state index in [0.717, 1.165) is 31.9 Å². The number of rotatable bonds is 11. The normalized spacial score (nSPS) is 27.0. The minimum atomic E-state index is -0.849. The van der Waals surface area contributed by atoms with Crippen LogP contribution in [0.5, 0.6) is 5.75 Å². The number of aromatic amines is 1. The Morgan fingerprint density at radius 3 is 2.60 bits per heavy atom. The number of hydrogen-bond donors (Lipinski definition) is 3. The van der Waals surface area contributed by atoms with Crippen LogP contribution in [0.15, 0.2) is 56.8 Å². The zero-order chi connectivity index (χ0) is 33.0. The Hall–Kier alpha value is -3.42. The van der Waals surface area contributed by atoms with E-state index in [-0.39, 0.29) is 70.5 Å². The lowest BCUT2D eigenvalue weighted by atomic mass is 9.68. The van der Waals surface area contributed by atoms with Crippen molar-refractivity contribution < 1.29 is 29.0 Å². The highest BCUT2D eigenvalue weighted by Crippen LogP contribution is 2.69. The number of aromatic nitrogens is 1. The van der Waals surface area contributed by atoms with E-state index in [9.17, 15) is 24.0 Å². The summed E-state index contributed by atoms with van der Waals surface area (Å²) in [7, 11) is 0. The van der Waals surface area contributed by atoms with Crippen LogP contribution < -0.4 is 14.9 Å². The Balaban J connectivity index is 1.16. The quantitative estimate of drug-likeness (QED) is 0.169. The maximum atomic E-state index is 13.9. The third-order valence-corrected chi connectivity index (χ3v) is 13.3. The molecule has 246 valence electrons. The number of nitrogens with zero attached hydrogens (tertiary/aromatic N) is 1. The predicted molar refractivity (Wildman–Crippen MR) is 181 cm³/mol. The standard InChI is InChI=1S/C34H34BrN3O7S2/c1-16-7-4-5-8-21(16)36-23(39)15-45-22-11-10-17(35)13-18(22)25-26-19-14-20(29(26)46-31-30(25)47-34(44)37-31)28-27(19)32(42)38(33(28)43)12-6-2-3-9-24(40)41/h4-5,7-8,10-11,13,19-20,25-29H,2-3,6,9,12,14-15H2,1H3,(H,36,39)(H,37,44)(H,40,41)/t19?,20?,25-,26?,27?,28?,29?/m1/s1. The molecular formula is C34H34BrN3O7S2. The lowest BCUT2D eigenvalue weighted by molar-refractivity contribution is -0.141. The van der Waals surface area contributed by atoms with Crippen LogP contribution in [0, 0.1) is 36.5 Å². The first-order valence-electron chi connectivity index (χ1n) is 15.9. The topological polar surface area (TPSA) is 146 Å². The van der Waals surface area contributed by atoms with Gasteiger partial charge in [-0.05, 0) is 73.8 Å². The largest absolute Gasteiger partial charge is 0.483 e. The van der Waals surface area contributed by atoms with Crippen molar-refractivity contribution in [2.75, 3.05) is 18.5 Å². The summed E-state index contributed by atoms with van der Waals surface area (Å²) in [5, 5.41) is 12.7. The van der Waals surface area contributed by atoms with Crippen molar-refractivity contribution in [1.29, 1.82) is 0 Å². The maximum Gasteiger partial charge on any atom is 0.305 e. The SMILES string of the molecule is Cc1ccccc1NC(=O)COc1ccc(Br)cc1[C@H]1c2sc(=O)[nH]c2SC2C3CC(C4C(=O)N(CCCCCC(=O)O)C(=O)C34)C21. The Labute approximate surface area is 287 Å². The van der Waals surface area contributed by atoms with Crippen LogP contribution >= 0.6 is 39.0 Å². The molecule has 3 fully saturated rings. The van der Waals surface area contributed by atoms with Crippen molar-refractivity contribution in [2.45, 2.75) is 55.2 Å². The average Bonchev–Trinajstić information content (AvgIpc) is 3.77. The molecule has 10 nitrogen and oxygen atoms in total. The summed E-state index contributed by atoms with van der Waals surface area (Å²) >= 11 is 6.42. The first kappa shape index (κ1) is 32.1. The van der Waals surface area contributed by atoms with E-state index in [1.54, 1.807) is 11.8 Å². The van der Waals surface area contributed by atoms with Gasteiger partial charge in [0.05, 0.1) is 16.9 Å². The van der Waals surface area contributed by atoms with Crippen LogP contribution in [0.1, 0.15) is 54.0 Å². The number of carboxylic acids is 1. The lowest BCUT2D eigenvalue weighted by Gasteiger charge is -2.43. The number of amides is 3. The second-order valence-electron chi connectivity index (χ2n) is 12.8. The van der Waals surface area contributed by atoms with Gasteiger partial charge in [0.1, 0.15) is 5.75 Å². The third-order valence-electron chi connectivity index (χ3n) is 10.2. The van der Waals surface area contributed by atoms with Crippen molar-refractivity contribution in [3.05, 3.63) is 72.6 Å². The van der Waals surface area contributed by atoms with Gasteiger partial charge in [-0.3, -0.25) is 28.9 Å². The molecule has 0 spiro atoms. The number of carboxylic acid groups (broad SMARTS) is 1. The number of thiazole rings is 1. The number of aryl methyl sites for hydroxylation is 1. The molecule has 2 aliphatic heterocycles. The van der Waals surface area contributed by atoms with Gasteiger partial charge in [-0.15, -0.1) is 11.8 Å². The van der Waals surface area contributed by atoms with Crippen LogP contribution in [-0.4, -0.2) is 57.1 Å². The zero-order valence-corrected chi connectivity index (χ0v) is 28.8. The molecule has 4 aliphatic rings. The number of nitrogens with one attached hydrogen (secondary N) is 2. The van der Waals surface area contributed by atoms with Gasteiger partial charge in [0.2, 0.25) is 11.8 Å². The molecule has 3 aromatic rings. The van der Waals surface area contributed by atoms with E-state index in [1.165, 1.54) is 16.2 Å². The number of ether oxygens (including phenoxy) is 1. The smallest absolute Gasteiger partial charge is 0.305 e. The Kier molecular flexibility index (Phi) is 8.81. The van der Waals surface area contributed by atoms with Crippen LogP contribution in [0.3, 0.4) is 0 Å². The van der Waals surface area contributed by atoms with E-state index in [1.807, 2.05) is 49.4 Å². The van der Waals surface area contributed by atoms with Gasteiger partial charge >= 0.3 is 10.8 Å². The van der Waals surface area contributed by atoms with Crippen molar-refractivity contribution >= 4 is 68.4 Å². The Morgan fingerprint density at radius 1 is 1.06 bits per heavy atom. The summed E-state index contributed by atoms with van der Waals surface area (Å²) in [6, 6.07) is 13.2. The molecule has 3 amide bonds. The molecule has 3 N–H and O–H groups in total. The van der Waals surface area contributed by atoms with Gasteiger partial charge in [-0.25, -0.2) is 0 Å². The second-order valence-corrected chi connectivity index (χ2v) is 15.9. The van der Waals surface area contributed by atoms with Crippen LogP contribution in [0.2, 0.25) is 0 Å². The maximum absolute atomic E-state index is 13.9. The number of unbranched alkanes of at least 4 members (excludes halogenated alkanes) is 2. The molecule has 6 unspecified atom stereocenters. The number of carbonyl (C=O) groups excluding carboxylic acids is 3. The summed E-state index contributed by atoms with van der Waals surface area (Å²) in [5.41, 5.74) is 2.50. The molecular weight excluding hydrogens is 706 g/mol. The summed E-state index contributed by atoms with van der Waals surface area (Å²) in [4.78, 5) is 69.3. The van der Waals surface area contributed by atoms with Gasteiger partial charge < -0.3 is 20.1 Å². The van der Waals surface area contributed by atoms with Crippen molar-refractivity contribution in [3.63, 3.8) is 0 Å². The molecule has 2 aromatic carbocycles. The number of thioether (sulfide) groups is 1. The Bertz CT molecular complexity index is 1820. The number of aliphatic carboxylic acids is 1. The number of benzene rings is 2. The molecule has 47 heavy (non-hydrogen) atoms. The number of fused-ring (bicyclic) bond motifs is 9. The molecule has 3 heterocycles. The molecule has 7 rings (SSSR count). The number of para-hydroxylation sites is 1. The fraction of sp³-hybridized carbons (Fsp3) is 0.441. The van der Waals surface area contributed by atoms with Crippen LogP contribution in [0.25, 0.3) is 0 Å². The summed E-state index contributed by atoms with van der Waals surface area (Å²) in [5.74, 6) is -1.99. The summed E-state index contributed by atoms with van der Waals surface area (Å²) < 4.78 is 7.03. The molecule has 2 aliphatic carbocycles. The van der Waals surface area contributed by atoms with Crippen LogP contribution in [-0.2, 0) is 19.2 Å². The first-order valence-corrected chi connectivity index (χ1v) is 18.4. The molecule has 7 atom stereocenters. The molecule has 0 radical (unpaired) electrons. The van der Waals surface area contributed by atoms with Crippen molar-refractivity contribution in [3.8, 4) is 5.75 Å². The number of H-pyrrole nitrogens is 1. The Morgan fingerprint density at radius 2 is 1.83 bits per heavy atom. The summed E-state index contributed by atoms with van der Waals surface area (Å²) in [6.07, 6.45) is 2.57. The van der Waals surface area contributed by atoms with Gasteiger partial charge in [-0.2, -0.15) is 0 Å². The van der Waals surface area contributed by atoms with E-state index in [4.69, 9.17) is 9.84 Å². The van der Waals surface area contributed by atoms with Gasteiger partial charge in [0.15, 0.2) is 6.61 Å². The molecule has 1 aromatic heterocycles. The number of likely N-dealkylation sites (tertiary alicyclic amines) is 1. The van der Waals surface area contributed by atoms with E-state index in [2.05, 4.69) is 26.2 Å². The molecule has 1 saturated heterocycles.